The monoisotopic (exact) mass is 329 g/mol. The second-order valence-corrected chi connectivity index (χ2v) is 6.37. The molecule has 25 heavy (non-hydrogen) atoms. The second kappa shape index (κ2) is 6.93. The molecule has 4 nitrogen and oxygen atoms in total. The van der Waals surface area contributed by atoms with E-state index in [1.54, 1.807) is 0 Å². The topological polar surface area (TPSA) is 55.7 Å². The van der Waals surface area contributed by atoms with Crippen molar-refractivity contribution < 1.29 is 4.79 Å². The van der Waals surface area contributed by atoms with E-state index >= 15 is 0 Å². The number of rotatable bonds is 3. The highest BCUT2D eigenvalue weighted by molar-refractivity contribution is 5.87. The summed E-state index contributed by atoms with van der Waals surface area (Å²) in [5, 5.41) is 8.80. The van der Waals surface area contributed by atoms with E-state index in [0.717, 1.165) is 41.8 Å². The molecular formula is C21H19N3O. The van der Waals surface area contributed by atoms with Gasteiger partial charge < -0.3 is 0 Å². The summed E-state index contributed by atoms with van der Waals surface area (Å²) in [6.07, 6.45) is 3.48. The predicted molar refractivity (Wildman–Crippen MR) is 96.9 cm³/mol. The number of hydrogen-bond acceptors (Lipinski definition) is 4. The van der Waals surface area contributed by atoms with Crippen molar-refractivity contribution >= 4 is 5.78 Å². The van der Waals surface area contributed by atoms with E-state index in [4.69, 9.17) is 4.98 Å². The lowest BCUT2D eigenvalue weighted by Crippen LogP contribution is -2.20. The van der Waals surface area contributed by atoms with Crippen molar-refractivity contribution in [3.8, 4) is 22.6 Å². The molecule has 3 aromatic rings. The summed E-state index contributed by atoms with van der Waals surface area (Å²) < 4.78 is 0. The molecule has 2 aromatic carbocycles. The summed E-state index contributed by atoms with van der Waals surface area (Å²) in [7, 11) is 0. The van der Waals surface area contributed by atoms with Crippen LogP contribution in [0, 0.1) is 0 Å². The van der Waals surface area contributed by atoms with Gasteiger partial charge in [0, 0.05) is 17.5 Å². The molecule has 0 radical (unpaired) electrons. The number of carbonyl (C=O) groups excluding carboxylic acids is 1. The molecule has 1 fully saturated rings. The van der Waals surface area contributed by atoms with Gasteiger partial charge >= 0.3 is 0 Å². The van der Waals surface area contributed by atoms with Gasteiger partial charge in [0.15, 0.2) is 5.82 Å². The Balaban J connectivity index is 1.85. The Morgan fingerprint density at radius 2 is 1.48 bits per heavy atom. The first-order valence-corrected chi connectivity index (χ1v) is 8.71. The minimum atomic E-state index is -0.186. The summed E-state index contributed by atoms with van der Waals surface area (Å²) in [5.74, 6) is 0.659. The van der Waals surface area contributed by atoms with Gasteiger partial charge in [-0.15, -0.1) is 5.10 Å². The van der Waals surface area contributed by atoms with Crippen LogP contribution in [0.25, 0.3) is 22.6 Å². The Morgan fingerprint density at radius 3 is 2.16 bits per heavy atom. The number of hydrogen-bond donors (Lipinski definition) is 0. The molecule has 1 atom stereocenters. The molecule has 1 saturated carbocycles. The molecule has 4 heteroatoms. The van der Waals surface area contributed by atoms with Gasteiger partial charge in [0.05, 0.1) is 17.3 Å². The third-order valence-electron chi connectivity index (χ3n) is 4.68. The van der Waals surface area contributed by atoms with Crippen LogP contribution < -0.4 is 0 Å². The molecule has 4 rings (SSSR count). The fourth-order valence-corrected chi connectivity index (χ4v) is 3.36. The first-order chi connectivity index (χ1) is 12.3. The molecule has 1 heterocycles. The highest BCUT2D eigenvalue weighted by atomic mass is 16.1. The third-order valence-corrected chi connectivity index (χ3v) is 4.68. The van der Waals surface area contributed by atoms with Crippen molar-refractivity contribution in [2.24, 2.45) is 0 Å². The normalized spacial score (nSPS) is 17.4. The maximum atomic E-state index is 12.4. The average Bonchev–Trinajstić information content (AvgIpc) is 2.69. The molecule has 1 aliphatic rings. The van der Waals surface area contributed by atoms with E-state index < -0.39 is 0 Å². The zero-order valence-corrected chi connectivity index (χ0v) is 13.9. The predicted octanol–water partition coefficient (Wildman–Crippen LogP) is 4.43. The molecule has 0 bridgehead atoms. The van der Waals surface area contributed by atoms with Gasteiger partial charge in [0.2, 0.25) is 0 Å². The van der Waals surface area contributed by atoms with E-state index in [1.165, 1.54) is 0 Å². The maximum absolute atomic E-state index is 12.4. The number of nitrogens with zero attached hydrogens (tertiary/aromatic N) is 3. The Bertz CT molecular complexity index is 878. The summed E-state index contributed by atoms with van der Waals surface area (Å²) in [4.78, 5) is 17.2. The highest BCUT2D eigenvalue weighted by Crippen LogP contribution is 2.34. The summed E-state index contributed by atoms with van der Waals surface area (Å²) in [6, 6.07) is 19.8. The fraction of sp³-hybridized carbons (Fsp3) is 0.238. The first kappa shape index (κ1) is 15.6. The Hall–Kier alpha value is -2.88. The van der Waals surface area contributed by atoms with E-state index in [0.29, 0.717) is 12.2 Å². The molecule has 0 amide bonds. The Labute approximate surface area is 147 Å². The van der Waals surface area contributed by atoms with Crippen molar-refractivity contribution in [1.29, 1.82) is 0 Å². The molecule has 1 aliphatic carbocycles. The van der Waals surface area contributed by atoms with E-state index in [-0.39, 0.29) is 11.7 Å². The van der Waals surface area contributed by atoms with Gasteiger partial charge in [0.25, 0.3) is 0 Å². The number of benzene rings is 2. The number of carbonyl (C=O) groups is 1. The van der Waals surface area contributed by atoms with Crippen molar-refractivity contribution in [3.05, 3.63) is 66.4 Å². The van der Waals surface area contributed by atoms with Crippen LogP contribution in [0.15, 0.2) is 60.7 Å². The Morgan fingerprint density at radius 1 is 0.800 bits per heavy atom. The SMILES string of the molecule is O=C1CCCCC1c1nnc(-c2ccccc2)nc1-c1ccccc1. The van der Waals surface area contributed by atoms with Gasteiger partial charge in [-0.2, -0.15) is 5.10 Å². The van der Waals surface area contributed by atoms with Gasteiger partial charge in [0.1, 0.15) is 5.78 Å². The van der Waals surface area contributed by atoms with Crippen LogP contribution in [-0.4, -0.2) is 21.0 Å². The maximum Gasteiger partial charge on any atom is 0.182 e. The third kappa shape index (κ3) is 3.20. The van der Waals surface area contributed by atoms with Crippen LogP contribution in [0.4, 0.5) is 0 Å². The summed E-state index contributed by atoms with van der Waals surface area (Å²) >= 11 is 0. The largest absolute Gasteiger partial charge is 0.299 e. The molecule has 0 aliphatic heterocycles. The average molecular weight is 329 g/mol. The highest BCUT2D eigenvalue weighted by Gasteiger charge is 2.29. The molecule has 1 aromatic heterocycles. The van der Waals surface area contributed by atoms with Crippen molar-refractivity contribution in [1.82, 2.24) is 15.2 Å². The smallest absolute Gasteiger partial charge is 0.182 e. The van der Waals surface area contributed by atoms with Crippen LogP contribution in [0.3, 0.4) is 0 Å². The number of Topliss-reactive ketones (excluding diaryl/α,β-unsaturated/α-hetero) is 1. The fourth-order valence-electron chi connectivity index (χ4n) is 3.36. The van der Waals surface area contributed by atoms with Crippen LogP contribution in [0.5, 0.6) is 0 Å². The van der Waals surface area contributed by atoms with Crippen molar-refractivity contribution in [2.45, 2.75) is 31.6 Å². The summed E-state index contributed by atoms with van der Waals surface area (Å²) in [6.45, 7) is 0. The first-order valence-electron chi connectivity index (χ1n) is 8.71. The second-order valence-electron chi connectivity index (χ2n) is 6.37. The van der Waals surface area contributed by atoms with Gasteiger partial charge in [-0.3, -0.25) is 4.79 Å². The minimum Gasteiger partial charge on any atom is -0.299 e. The number of ketones is 1. The molecule has 1 unspecified atom stereocenters. The lowest BCUT2D eigenvalue weighted by Gasteiger charge is -2.21. The van der Waals surface area contributed by atoms with Crippen molar-refractivity contribution in [3.63, 3.8) is 0 Å². The summed E-state index contributed by atoms with van der Waals surface area (Å²) in [5.41, 5.74) is 3.39. The van der Waals surface area contributed by atoms with Crippen LogP contribution >= 0.6 is 0 Å². The van der Waals surface area contributed by atoms with E-state index in [2.05, 4.69) is 10.2 Å². The standard InChI is InChI=1S/C21H19N3O/c25-18-14-8-7-13-17(18)20-19(15-9-3-1-4-10-15)22-21(24-23-20)16-11-5-2-6-12-16/h1-6,9-12,17H,7-8,13-14H2. The molecule has 0 spiro atoms. The van der Waals surface area contributed by atoms with Crippen LogP contribution in [0.1, 0.15) is 37.3 Å². The lowest BCUT2D eigenvalue weighted by atomic mass is 9.84. The van der Waals surface area contributed by atoms with E-state index in [9.17, 15) is 4.79 Å². The van der Waals surface area contributed by atoms with E-state index in [1.807, 2.05) is 60.7 Å². The zero-order valence-electron chi connectivity index (χ0n) is 13.9. The van der Waals surface area contributed by atoms with Crippen LogP contribution in [0.2, 0.25) is 0 Å². The number of aromatic nitrogens is 3. The quantitative estimate of drug-likeness (QED) is 0.713. The van der Waals surface area contributed by atoms with Gasteiger partial charge in [-0.1, -0.05) is 67.1 Å². The van der Waals surface area contributed by atoms with Gasteiger partial charge in [-0.05, 0) is 12.8 Å². The molecule has 0 N–H and O–H groups in total. The van der Waals surface area contributed by atoms with Crippen molar-refractivity contribution in [2.75, 3.05) is 0 Å². The molecule has 0 saturated heterocycles. The zero-order chi connectivity index (χ0) is 17.1. The van der Waals surface area contributed by atoms with Crippen LogP contribution in [-0.2, 0) is 4.79 Å². The lowest BCUT2D eigenvalue weighted by molar-refractivity contribution is -0.121. The molecular weight excluding hydrogens is 310 g/mol. The molecule has 124 valence electrons. The van der Waals surface area contributed by atoms with Gasteiger partial charge in [-0.25, -0.2) is 4.98 Å². The Kier molecular flexibility index (Phi) is 4.34. The minimum absolute atomic E-state index is 0.186.